The molecule has 1 fully saturated rings. The van der Waals surface area contributed by atoms with Crippen molar-refractivity contribution in [2.75, 3.05) is 0 Å². The Morgan fingerprint density at radius 1 is 1.47 bits per heavy atom. The fraction of sp³-hybridized carbons (Fsp3) is 0.769. The van der Waals surface area contributed by atoms with Crippen molar-refractivity contribution in [2.45, 2.75) is 58.2 Å². The maximum absolute atomic E-state index is 10.9. The number of hydrogen-bond donors (Lipinski definition) is 2. The molecule has 0 bridgehead atoms. The maximum atomic E-state index is 10.9. The van der Waals surface area contributed by atoms with E-state index in [9.17, 15) is 4.79 Å². The van der Waals surface area contributed by atoms with Crippen molar-refractivity contribution >= 4 is 5.97 Å². The third kappa shape index (κ3) is 3.76. The van der Waals surface area contributed by atoms with Crippen LogP contribution in [0.1, 0.15) is 44.9 Å². The molecule has 2 rings (SSSR count). The third-order valence-electron chi connectivity index (χ3n) is 3.76. The van der Waals surface area contributed by atoms with Crippen LogP contribution in [0.2, 0.25) is 0 Å². The lowest BCUT2D eigenvalue weighted by Crippen LogP contribution is -2.35. The zero-order chi connectivity index (χ0) is 13.7. The lowest BCUT2D eigenvalue weighted by Gasteiger charge is -2.26. The number of aryl methyl sites for hydroxylation is 1. The highest BCUT2D eigenvalue weighted by molar-refractivity contribution is 5.70. The molecule has 1 aliphatic carbocycles. The van der Waals surface area contributed by atoms with E-state index < -0.39 is 5.97 Å². The summed E-state index contributed by atoms with van der Waals surface area (Å²) < 4.78 is 1.93. The van der Waals surface area contributed by atoms with Gasteiger partial charge in [0, 0.05) is 12.6 Å². The lowest BCUT2D eigenvalue weighted by atomic mass is 9.86. The topological polar surface area (TPSA) is 80.0 Å². The Balaban J connectivity index is 1.77. The zero-order valence-corrected chi connectivity index (χ0v) is 11.4. The highest BCUT2D eigenvalue weighted by atomic mass is 16.4. The van der Waals surface area contributed by atoms with Gasteiger partial charge in [0.15, 0.2) is 0 Å². The van der Waals surface area contributed by atoms with Crippen molar-refractivity contribution in [1.82, 2.24) is 20.1 Å². The molecule has 0 amide bonds. The highest BCUT2D eigenvalue weighted by Crippen LogP contribution is 2.24. The van der Waals surface area contributed by atoms with E-state index in [1.807, 2.05) is 4.68 Å². The molecule has 1 aliphatic rings. The number of carbonyl (C=O) groups is 1. The van der Waals surface area contributed by atoms with Gasteiger partial charge in [0.1, 0.15) is 12.2 Å². The van der Waals surface area contributed by atoms with Crippen LogP contribution in [-0.2, 0) is 17.9 Å². The normalized spacial score (nSPS) is 23.4. The van der Waals surface area contributed by atoms with Crippen LogP contribution in [0.4, 0.5) is 0 Å². The molecule has 1 aromatic rings. The average molecular weight is 266 g/mol. The van der Waals surface area contributed by atoms with E-state index in [1.165, 1.54) is 0 Å². The Labute approximate surface area is 113 Å². The number of hydrogen-bond acceptors (Lipinski definition) is 4. The molecular weight excluding hydrogens is 244 g/mol. The second-order valence-corrected chi connectivity index (χ2v) is 5.17. The molecule has 1 saturated carbocycles. The van der Waals surface area contributed by atoms with Crippen LogP contribution >= 0.6 is 0 Å². The highest BCUT2D eigenvalue weighted by Gasteiger charge is 2.25. The van der Waals surface area contributed by atoms with Crippen molar-refractivity contribution in [3.63, 3.8) is 0 Å². The first-order valence-corrected chi connectivity index (χ1v) is 7.03. The molecule has 1 heterocycles. The molecule has 0 radical (unpaired) electrons. The van der Waals surface area contributed by atoms with E-state index in [4.69, 9.17) is 5.11 Å². The van der Waals surface area contributed by atoms with E-state index in [0.29, 0.717) is 12.6 Å². The summed E-state index contributed by atoms with van der Waals surface area (Å²) >= 11 is 0. The van der Waals surface area contributed by atoms with E-state index in [2.05, 4.69) is 22.3 Å². The minimum atomic E-state index is -0.652. The smallest absolute Gasteiger partial charge is 0.306 e. The van der Waals surface area contributed by atoms with Gasteiger partial charge in [-0.15, -0.1) is 0 Å². The molecule has 6 nitrogen and oxygen atoms in total. The quantitative estimate of drug-likeness (QED) is 0.814. The molecule has 0 aromatic carbocycles. The molecule has 0 spiro atoms. The van der Waals surface area contributed by atoms with Gasteiger partial charge in [-0.25, -0.2) is 9.67 Å². The van der Waals surface area contributed by atoms with Gasteiger partial charge >= 0.3 is 5.97 Å². The second-order valence-electron chi connectivity index (χ2n) is 5.17. The van der Waals surface area contributed by atoms with Crippen LogP contribution in [0.25, 0.3) is 0 Å². The van der Waals surface area contributed by atoms with Crippen molar-refractivity contribution in [3.05, 3.63) is 12.2 Å². The predicted molar refractivity (Wildman–Crippen MR) is 70.5 cm³/mol. The summed E-state index contributed by atoms with van der Waals surface area (Å²) in [6.45, 7) is 3.72. The molecule has 0 saturated heterocycles. The van der Waals surface area contributed by atoms with Crippen LogP contribution in [0.15, 0.2) is 6.33 Å². The van der Waals surface area contributed by atoms with E-state index in [0.717, 1.165) is 44.5 Å². The molecule has 106 valence electrons. The monoisotopic (exact) mass is 266 g/mol. The van der Waals surface area contributed by atoms with E-state index in [1.54, 1.807) is 6.33 Å². The minimum absolute atomic E-state index is 0.151. The number of nitrogens with one attached hydrogen (secondary N) is 1. The predicted octanol–water partition coefficient (Wildman–Crippen LogP) is 1.42. The number of nitrogens with zero attached hydrogens (tertiary/aromatic N) is 3. The first kappa shape index (κ1) is 14.0. The van der Waals surface area contributed by atoms with Gasteiger partial charge in [0.2, 0.25) is 0 Å². The molecule has 19 heavy (non-hydrogen) atoms. The van der Waals surface area contributed by atoms with Crippen molar-refractivity contribution in [1.29, 1.82) is 0 Å². The summed E-state index contributed by atoms with van der Waals surface area (Å²) in [5.41, 5.74) is 0. The Morgan fingerprint density at radius 3 is 2.84 bits per heavy atom. The van der Waals surface area contributed by atoms with Crippen molar-refractivity contribution < 1.29 is 9.90 Å². The first-order chi connectivity index (χ1) is 9.20. The van der Waals surface area contributed by atoms with Crippen molar-refractivity contribution in [3.8, 4) is 0 Å². The molecule has 0 unspecified atom stereocenters. The number of rotatable bonds is 6. The Hall–Kier alpha value is -1.43. The SMILES string of the molecule is CCCn1ncnc1CNC1CCC(C(=O)O)CC1. The van der Waals surface area contributed by atoms with Crippen LogP contribution < -0.4 is 5.32 Å². The second kappa shape index (κ2) is 6.65. The van der Waals surface area contributed by atoms with Gasteiger partial charge in [-0.2, -0.15) is 5.10 Å². The summed E-state index contributed by atoms with van der Waals surface area (Å²) in [4.78, 5) is 15.1. The number of aliphatic carboxylic acids is 1. The number of carboxylic acid groups (broad SMARTS) is 1. The maximum Gasteiger partial charge on any atom is 0.306 e. The molecule has 0 aliphatic heterocycles. The number of carboxylic acids is 1. The van der Waals surface area contributed by atoms with Crippen molar-refractivity contribution in [2.24, 2.45) is 5.92 Å². The third-order valence-corrected chi connectivity index (χ3v) is 3.76. The fourth-order valence-corrected chi connectivity index (χ4v) is 2.60. The lowest BCUT2D eigenvalue weighted by molar-refractivity contribution is -0.142. The van der Waals surface area contributed by atoms with Crippen LogP contribution in [0.3, 0.4) is 0 Å². The van der Waals surface area contributed by atoms with Crippen LogP contribution in [-0.4, -0.2) is 31.9 Å². The summed E-state index contributed by atoms with van der Waals surface area (Å²) in [6, 6.07) is 0.405. The molecule has 6 heteroatoms. The van der Waals surface area contributed by atoms with E-state index >= 15 is 0 Å². The van der Waals surface area contributed by atoms with Crippen LogP contribution in [0, 0.1) is 5.92 Å². The molecule has 2 N–H and O–H groups in total. The zero-order valence-electron chi connectivity index (χ0n) is 11.4. The van der Waals surface area contributed by atoms with Crippen LogP contribution in [0.5, 0.6) is 0 Å². The summed E-state index contributed by atoms with van der Waals surface area (Å²) in [5, 5.41) is 16.6. The van der Waals surface area contributed by atoms with E-state index in [-0.39, 0.29) is 5.92 Å². The van der Waals surface area contributed by atoms with Gasteiger partial charge in [0.25, 0.3) is 0 Å². The van der Waals surface area contributed by atoms with Gasteiger partial charge in [-0.05, 0) is 32.1 Å². The first-order valence-electron chi connectivity index (χ1n) is 7.03. The van der Waals surface area contributed by atoms with Gasteiger partial charge in [-0.1, -0.05) is 6.92 Å². The van der Waals surface area contributed by atoms with Gasteiger partial charge in [-0.3, -0.25) is 4.79 Å². The Bertz CT molecular complexity index is 411. The van der Waals surface area contributed by atoms with Gasteiger partial charge in [0.05, 0.1) is 12.5 Å². The molecular formula is C13H22N4O2. The average Bonchev–Trinajstić information content (AvgIpc) is 2.85. The Morgan fingerprint density at radius 2 is 2.21 bits per heavy atom. The molecule has 1 aromatic heterocycles. The fourth-order valence-electron chi connectivity index (χ4n) is 2.60. The summed E-state index contributed by atoms with van der Waals surface area (Å²) in [5.74, 6) is 0.158. The Kier molecular flexibility index (Phi) is 4.90. The standard InChI is InChI=1S/C13H22N4O2/c1-2-7-17-12(15-9-16-17)8-14-11-5-3-10(4-6-11)13(18)19/h9-11,14H,2-8H2,1H3,(H,18,19). The summed E-state index contributed by atoms with van der Waals surface area (Å²) in [6.07, 6.45) is 6.04. The number of aromatic nitrogens is 3. The summed E-state index contributed by atoms with van der Waals surface area (Å²) in [7, 11) is 0. The largest absolute Gasteiger partial charge is 0.481 e. The van der Waals surface area contributed by atoms with Gasteiger partial charge < -0.3 is 10.4 Å². The minimum Gasteiger partial charge on any atom is -0.481 e. The molecule has 0 atom stereocenters.